The maximum Gasteiger partial charge on any atom is 0.146 e. The number of methoxy groups -OCH3 is 1. The van der Waals surface area contributed by atoms with Crippen LogP contribution in [0.1, 0.15) is 61.1 Å². The van der Waals surface area contributed by atoms with Gasteiger partial charge < -0.3 is 9.47 Å². The summed E-state index contributed by atoms with van der Waals surface area (Å²) in [6.07, 6.45) is 0. The molecule has 3 aromatic rings. The molecule has 0 saturated carbocycles. The van der Waals surface area contributed by atoms with Gasteiger partial charge in [0.1, 0.15) is 11.4 Å². The van der Waals surface area contributed by atoms with Crippen LogP contribution in [0.4, 0.5) is 0 Å². The maximum atomic E-state index is 7.04. The first-order valence-corrected chi connectivity index (χ1v) is 9.91. The summed E-state index contributed by atoms with van der Waals surface area (Å²) in [5, 5.41) is 0. The lowest BCUT2D eigenvalue weighted by molar-refractivity contribution is -0.0831. The van der Waals surface area contributed by atoms with Gasteiger partial charge in [-0.2, -0.15) is 0 Å². The minimum absolute atomic E-state index is 0.117. The lowest BCUT2D eigenvalue weighted by Gasteiger charge is -2.46. The van der Waals surface area contributed by atoms with Crippen LogP contribution in [0.25, 0.3) is 0 Å². The second-order valence-corrected chi connectivity index (χ2v) is 8.92. The molecule has 2 nitrogen and oxygen atoms in total. The Balaban J connectivity index is 1.96. The molecule has 1 spiro atoms. The van der Waals surface area contributed by atoms with Crippen LogP contribution < -0.4 is 4.74 Å². The smallest absolute Gasteiger partial charge is 0.146 e. The zero-order valence-corrected chi connectivity index (χ0v) is 17.2. The molecule has 1 aliphatic carbocycles. The van der Waals surface area contributed by atoms with E-state index in [4.69, 9.17) is 9.47 Å². The summed E-state index contributed by atoms with van der Waals surface area (Å²) in [7, 11) is 1.73. The highest BCUT2D eigenvalue weighted by Gasteiger charge is 2.56. The number of ether oxygens (including phenoxy) is 2. The number of fused-ring (bicyclic) bond motifs is 6. The largest absolute Gasteiger partial charge is 0.497 e. The van der Waals surface area contributed by atoms with Gasteiger partial charge in [-0.1, -0.05) is 68.4 Å². The molecule has 1 unspecified atom stereocenters. The minimum Gasteiger partial charge on any atom is -0.497 e. The maximum absolute atomic E-state index is 7.04. The van der Waals surface area contributed by atoms with E-state index in [1.165, 1.54) is 33.4 Å². The summed E-state index contributed by atoms with van der Waals surface area (Å²) in [6.45, 7) is 8.94. The van der Waals surface area contributed by atoms with Gasteiger partial charge in [-0.25, -0.2) is 0 Å². The molecule has 2 aliphatic rings. The summed E-state index contributed by atoms with van der Waals surface area (Å²) < 4.78 is 12.7. The molecule has 0 saturated heterocycles. The molecular weight excluding hydrogens is 344 g/mol. The molecule has 3 aromatic carbocycles. The van der Waals surface area contributed by atoms with Gasteiger partial charge in [0.15, 0.2) is 0 Å². The number of hydrogen-bond donors (Lipinski definition) is 0. The Morgan fingerprint density at radius 2 is 1.18 bits per heavy atom. The van der Waals surface area contributed by atoms with Crippen molar-refractivity contribution in [2.24, 2.45) is 0 Å². The van der Waals surface area contributed by atoms with Crippen molar-refractivity contribution in [3.05, 3.63) is 100 Å². The minimum atomic E-state index is -0.629. The first kappa shape index (κ1) is 17.5. The summed E-state index contributed by atoms with van der Waals surface area (Å²) in [5.74, 6) is 0.860. The third-order valence-corrected chi connectivity index (χ3v) is 6.62. The second kappa shape index (κ2) is 5.48. The zero-order valence-electron chi connectivity index (χ0n) is 17.2. The van der Waals surface area contributed by atoms with Gasteiger partial charge in [0.25, 0.3) is 0 Å². The lowest BCUT2D eigenvalue weighted by Crippen LogP contribution is -2.42. The molecule has 2 heteroatoms. The molecule has 1 heterocycles. The van der Waals surface area contributed by atoms with Gasteiger partial charge in [0.05, 0.1) is 12.7 Å². The summed E-state index contributed by atoms with van der Waals surface area (Å²) in [6, 6.07) is 23.8. The van der Waals surface area contributed by atoms with Gasteiger partial charge >= 0.3 is 0 Å². The van der Waals surface area contributed by atoms with Gasteiger partial charge in [0, 0.05) is 11.0 Å². The fourth-order valence-electron chi connectivity index (χ4n) is 5.32. The fourth-order valence-corrected chi connectivity index (χ4v) is 5.32. The van der Waals surface area contributed by atoms with Gasteiger partial charge in [0.2, 0.25) is 0 Å². The molecule has 28 heavy (non-hydrogen) atoms. The van der Waals surface area contributed by atoms with Crippen LogP contribution in [-0.2, 0) is 21.4 Å². The van der Waals surface area contributed by atoms with Crippen molar-refractivity contribution in [3.63, 3.8) is 0 Å². The summed E-state index contributed by atoms with van der Waals surface area (Å²) >= 11 is 0. The van der Waals surface area contributed by atoms with E-state index < -0.39 is 5.60 Å². The SMILES string of the molecule is COc1ccc2c(c1)C1(OC(C)(C)c3ccccc31)c1ccccc1C2(C)C. The van der Waals surface area contributed by atoms with E-state index in [9.17, 15) is 0 Å². The molecule has 0 amide bonds. The van der Waals surface area contributed by atoms with Gasteiger partial charge in [-0.05, 0) is 53.8 Å². The van der Waals surface area contributed by atoms with Crippen molar-refractivity contribution in [3.8, 4) is 5.75 Å². The van der Waals surface area contributed by atoms with Crippen molar-refractivity contribution in [1.29, 1.82) is 0 Å². The average molecular weight is 370 g/mol. The topological polar surface area (TPSA) is 18.5 Å². The molecule has 0 aromatic heterocycles. The van der Waals surface area contributed by atoms with Crippen molar-refractivity contribution in [2.75, 3.05) is 7.11 Å². The normalized spacial score (nSPS) is 23.0. The van der Waals surface area contributed by atoms with E-state index in [-0.39, 0.29) is 11.0 Å². The van der Waals surface area contributed by atoms with E-state index in [0.717, 1.165) is 5.75 Å². The third-order valence-electron chi connectivity index (χ3n) is 6.62. The van der Waals surface area contributed by atoms with Crippen LogP contribution in [0.15, 0.2) is 66.7 Å². The van der Waals surface area contributed by atoms with E-state index in [1.54, 1.807) is 7.11 Å². The Hall–Kier alpha value is -2.58. The molecule has 0 fully saturated rings. The number of hydrogen-bond acceptors (Lipinski definition) is 2. The Kier molecular flexibility index (Phi) is 3.43. The zero-order chi connectivity index (χ0) is 19.7. The standard InChI is InChI=1S/C26H26O2/c1-24(2)18-10-6-8-12-21(18)26(23-16-17(27-5)14-15-19(23)24)22-13-9-7-11-20(22)25(3,4)28-26/h6-16H,1-5H3. The van der Waals surface area contributed by atoms with Gasteiger partial charge in [-0.15, -0.1) is 0 Å². The predicted molar refractivity (Wildman–Crippen MR) is 112 cm³/mol. The van der Waals surface area contributed by atoms with Crippen LogP contribution in [0, 0.1) is 0 Å². The van der Waals surface area contributed by atoms with Crippen LogP contribution >= 0.6 is 0 Å². The van der Waals surface area contributed by atoms with Crippen molar-refractivity contribution < 1.29 is 9.47 Å². The van der Waals surface area contributed by atoms with E-state index in [1.807, 2.05) is 0 Å². The molecule has 0 N–H and O–H groups in total. The van der Waals surface area contributed by atoms with Crippen molar-refractivity contribution in [1.82, 2.24) is 0 Å². The van der Waals surface area contributed by atoms with E-state index in [2.05, 4.69) is 94.4 Å². The highest BCUT2D eigenvalue weighted by atomic mass is 16.5. The molecule has 0 radical (unpaired) electrons. The van der Waals surface area contributed by atoms with Crippen LogP contribution in [0.2, 0.25) is 0 Å². The van der Waals surface area contributed by atoms with Crippen molar-refractivity contribution in [2.45, 2.75) is 44.3 Å². The molecular formula is C26H26O2. The second-order valence-electron chi connectivity index (χ2n) is 8.92. The Morgan fingerprint density at radius 1 is 0.643 bits per heavy atom. The monoisotopic (exact) mass is 370 g/mol. The Bertz CT molecular complexity index is 1090. The predicted octanol–water partition coefficient (Wildman–Crippen LogP) is 5.89. The van der Waals surface area contributed by atoms with Crippen molar-refractivity contribution >= 4 is 0 Å². The molecule has 0 bridgehead atoms. The molecule has 1 aliphatic heterocycles. The number of rotatable bonds is 1. The molecule has 1 atom stereocenters. The van der Waals surface area contributed by atoms with E-state index >= 15 is 0 Å². The first-order valence-electron chi connectivity index (χ1n) is 9.91. The summed E-state index contributed by atoms with van der Waals surface area (Å²) in [4.78, 5) is 0. The van der Waals surface area contributed by atoms with Crippen LogP contribution in [0.5, 0.6) is 5.75 Å². The third kappa shape index (κ3) is 2.02. The number of benzene rings is 3. The highest BCUT2D eigenvalue weighted by molar-refractivity contribution is 5.66. The van der Waals surface area contributed by atoms with E-state index in [0.29, 0.717) is 0 Å². The quantitative estimate of drug-likeness (QED) is 0.531. The van der Waals surface area contributed by atoms with Crippen LogP contribution in [-0.4, -0.2) is 7.11 Å². The molecule has 142 valence electrons. The average Bonchev–Trinajstić information content (AvgIpc) is 2.95. The highest BCUT2D eigenvalue weighted by Crippen LogP contribution is 2.60. The van der Waals surface area contributed by atoms with Gasteiger partial charge in [-0.3, -0.25) is 0 Å². The first-order chi connectivity index (χ1) is 13.3. The lowest BCUT2D eigenvalue weighted by atomic mass is 9.61. The summed E-state index contributed by atoms with van der Waals surface area (Å²) in [5.41, 5.74) is 6.39. The molecule has 5 rings (SSSR count). The van der Waals surface area contributed by atoms with Crippen LogP contribution in [0.3, 0.4) is 0 Å². The fraction of sp³-hybridized carbons (Fsp3) is 0.308. The Morgan fingerprint density at radius 3 is 1.82 bits per heavy atom. The Labute approximate surface area is 167 Å².